The minimum atomic E-state index is -3.90. The number of hydrogen-bond donors (Lipinski definition) is 2. The van der Waals surface area contributed by atoms with Crippen molar-refractivity contribution in [1.29, 1.82) is 0 Å². The van der Waals surface area contributed by atoms with Crippen molar-refractivity contribution in [2.24, 2.45) is 0 Å². The van der Waals surface area contributed by atoms with Crippen molar-refractivity contribution in [3.63, 3.8) is 0 Å². The fraction of sp³-hybridized carbons (Fsp3) is 0. The molecule has 3 rings (SSSR count). The number of hydrogen-bond acceptors (Lipinski definition) is 3. The van der Waals surface area contributed by atoms with Crippen molar-refractivity contribution in [3.05, 3.63) is 87.4 Å². The highest BCUT2D eigenvalue weighted by Crippen LogP contribution is 2.26. The molecule has 0 atom stereocenters. The van der Waals surface area contributed by atoms with E-state index in [1.807, 2.05) is 0 Å². The monoisotopic (exact) mass is 454 g/mol. The fourth-order valence-corrected chi connectivity index (χ4v) is 4.22. The average molecular weight is 456 g/mol. The lowest BCUT2D eigenvalue weighted by atomic mass is 10.2. The van der Waals surface area contributed by atoms with E-state index in [-0.39, 0.29) is 31.9 Å². The average Bonchev–Trinajstić information content (AvgIpc) is 2.63. The zero-order valence-corrected chi connectivity index (χ0v) is 17.2. The van der Waals surface area contributed by atoms with E-state index in [9.17, 15) is 13.2 Å². The number of carbonyl (C=O) groups excluding carboxylic acids is 1. The maximum atomic E-state index is 12.6. The molecule has 0 aromatic heterocycles. The first-order chi connectivity index (χ1) is 13.3. The fourth-order valence-electron chi connectivity index (χ4n) is 2.36. The van der Waals surface area contributed by atoms with E-state index in [4.69, 9.17) is 34.8 Å². The van der Waals surface area contributed by atoms with Crippen molar-refractivity contribution in [2.45, 2.75) is 4.90 Å². The van der Waals surface area contributed by atoms with Crippen LogP contribution in [0.25, 0.3) is 0 Å². The molecule has 3 aromatic carbocycles. The molecule has 144 valence electrons. The highest BCUT2D eigenvalue weighted by molar-refractivity contribution is 7.92. The Balaban J connectivity index is 1.83. The molecule has 1 amide bonds. The third-order valence-electron chi connectivity index (χ3n) is 3.70. The lowest BCUT2D eigenvalue weighted by Crippen LogP contribution is -2.15. The van der Waals surface area contributed by atoms with E-state index in [0.717, 1.165) is 0 Å². The van der Waals surface area contributed by atoms with Gasteiger partial charge < -0.3 is 5.32 Å². The van der Waals surface area contributed by atoms with Gasteiger partial charge in [-0.2, -0.15) is 0 Å². The van der Waals surface area contributed by atoms with Crippen molar-refractivity contribution >= 4 is 62.1 Å². The molecule has 28 heavy (non-hydrogen) atoms. The van der Waals surface area contributed by atoms with Crippen LogP contribution in [-0.2, 0) is 10.0 Å². The molecule has 9 heteroatoms. The summed E-state index contributed by atoms with van der Waals surface area (Å²) in [5.74, 6) is -0.490. The molecule has 0 fully saturated rings. The molecule has 0 saturated carbocycles. The molecule has 0 unspecified atom stereocenters. The number of para-hydroxylation sites is 1. The predicted molar refractivity (Wildman–Crippen MR) is 113 cm³/mol. The summed E-state index contributed by atoms with van der Waals surface area (Å²) in [7, 11) is -3.90. The van der Waals surface area contributed by atoms with E-state index < -0.39 is 15.9 Å². The molecule has 0 bridgehead atoms. The van der Waals surface area contributed by atoms with Crippen molar-refractivity contribution in [2.75, 3.05) is 10.0 Å². The van der Waals surface area contributed by atoms with Crippen molar-refractivity contribution in [3.8, 4) is 0 Å². The molecule has 3 aromatic rings. The first kappa shape index (κ1) is 20.5. The first-order valence-corrected chi connectivity index (χ1v) is 10.5. The van der Waals surface area contributed by atoms with Gasteiger partial charge in [0.1, 0.15) is 0 Å². The maximum Gasteiger partial charge on any atom is 0.262 e. The normalized spacial score (nSPS) is 11.1. The van der Waals surface area contributed by atoms with Gasteiger partial charge in [-0.3, -0.25) is 9.52 Å². The Hall–Kier alpha value is -2.25. The van der Waals surface area contributed by atoms with Crippen LogP contribution in [0.4, 0.5) is 11.4 Å². The van der Waals surface area contributed by atoms with E-state index in [1.54, 1.807) is 30.3 Å². The summed E-state index contributed by atoms with van der Waals surface area (Å²) in [5.41, 5.74) is 0.762. The minimum absolute atomic E-state index is 0.0348. The molecule has 0 heterocycles. The van der Waals surface area contributed by atoms with Crippen LogP contribution >= 0.6 is 34.8 Å². The van der Waals surface area contributed by atoms with Crippen LogP contribution in [0.1, 0.15) is 10.4 Å². The third kappa shape index (κ3) is 4.77. The van der Waals surface area contributed by atoms with Gasteiger partial charge in [0.15, 0.2) is 0 Å². The lowest BCUT2D eigenvalue weighted by molar-refractivity contribution is 0.102. The number of amides is 1. The zero-order valence-electron chi connectivity index (χ0n) is 14.1. The molecule has 0 aliphatic rings. The van der Waals surface area contributed by atoms with Crippen molar-refractivity contribution in [1.82, 2.24) is 0 Å². The number of benzene rings is 3. The van der Waals surface area contributed by atoms with Gasteiger partial charge in [0.25, 0.3) is 15.9 Å². The maximum absolute atomic E-state index is 12.6. The summed E-state index contributed by atoms with van der Waals surface area (Å²) >= 11 is 17.9. The van der Waals surface area contributed by atoms with Gasteiger partial charge in [-0.05, 0) is 48.5 Å². The summed E-state index contributed by atoms with van der Waals surface area (Å²) in [4.78, 5) is 12.4. The highest BCUT2D eigenvalue weighted by Gasteiger charge is 2.17. The Morgan fingerprint density at radius 1 is 0.821 bits per heavy atom. The van der Waals surface area contributed by atoms with E-state index >= 15 is 0 Å². The van der Waals surface area contributed by atoms with E-state index in [2.05, 4.69) is 10.0 Å². The molecule has 5 nitrogen and oxygen atoms in total. The van der Waals surface area contributed by atoms with Gasteiger partial charge in [0.2, 0.25) is 0 Å². The number of halogens is 3. The number of rotatable bonds is 5. The molecule has 0 radical (unpaired) electrons. The summed E-state index contributed by atoms with van der Waals surface area (Å²) in [6.07, 6.45) is 0. The second kappa shape index (κ2) is 8.41. The summed E-state index contributed by atoms with van der Waals surface area (Å²) < 4.78 is 27.7. The molecule has 0 spiro atoms. The van der Waals surface area contributed by atoms with E-state index in [0.29, 0.717) is 5.02 Å². The van der Waals surface area contributed by atoms with Gasteiger partial charge in [0, 0.05) is 10.7 Å². The Labute approximate surface area is 177 Å². The smallest absolute Gasteiger partial charge is 0.262 e. The number of sulfonamides is 1. The number of carbonyl (C=O) groups is 1. The van der Waals surface area contributed by atoms with Gasteiger partial charge >= 0.3 is 0 Å². The lowest BCUT2D eigenvalue weighted by Gasteiger charge is -2.11. The summed E-state index contributed by atoms with van der Waals surface area (Å²) in [6, 6.07) is 16.8. The van der Waals surface area contributed by atoms with Crippen LogP contribution in [0.5, 0.6) is 0 Å². The molecular formula is C19H13Cl3N2O3S. The van der Waals surface area contributed by atoms with Crippen LogP contribution < -0.4 is 10.0 Å². The van der Waals surface area contributed by atoms with Gasteiger partial charge in [0.05, 0.1) is 26.2 Å². The second-order valence-corrected chi connectivity index (χ2v) is 8.62. The minimum Gasteiger partial charge on any atom is -0.322 e. The molecular weight excluding hydrogens is 443 g/mol. The van der Waals surface area contributed by atoms with Gasteiger partial charge in [-0.15, -0.1) is 0 Å². The number of anilines is 2. The Bertz CT molecular complexity index is 1150. The first-order valence-electron chi connectivity index (χ1n) is 7.90. The van der Waals surface area contributed by atoms with Crippen LogP contribution in [0.15, 0.2) is 71.6 Å². The quantitative estimate of drug-likeness (QED) is 0.518. The Morgan fingerprint density at radius 2 is 1.57 bits per heavy atom. The van der Waals surface area contributed by atoms with Crippen LogP contribution in [0.2, 0.25) is 15.1 Å². The molecule has 0 aliphatic carbocycles. The summed E-state index contributed by atoms with van der Waals surface area (Å²) in [5, 5.41) is 3.48. The Kier molecular flexibility index (Phi) is 6.15. The SMILES string of the molecule is O=C(Nc1cccc(S(=O)(=O)Nc2ccccc2Cl)c1)c1ccc(Cl)cc1Cl. The zero-order chi connectivity index (χ0) is 20.3. The molecule has 0 saturated heterocycles. The predicted octanol–water partition coefficient (Wildman–Crippen LogP) is 5.70. The third-order valence-corrected chi connectivity index (χ3v) is 5.94. The molecule has 0 aliphatic heterocycles. The van der Waals surface area contributed by atoms with Gasteiger partial charge in [-0.25, -0.2) is 8.42 Å². The van der Waals surface area contributed by atoms with Crippen LogP contribution in [0.3, 0.4) is 0 Å². The van der Waals surface area contributed by atoms with Gasteiger partial charge in [-0.1, -0.05) is 53.0 Å². The standard InChI is InChI=1S/C19H13Cl3N2O3S/c20-12-8-9-15(17(22)10-12)19(25)23-13-4-3-5-14(11-13)28(26,27)24-18-7-2-1-6-16(18)21/h1-11,24H,(H,23,25). The van der Waals surface area contributed by atoms with Crippen LogP contribution in [-0.4, -0.2) is 14.3 Å². The largest absolute Gasteiger partial charge is 0.322 e. The second-order valence-electron chi connectivity index (χ2n) is 5.69. The summed E-state index contributed by atoms with van der Waals surface area (Å²) in [6.45, 7) is 0. The topological polar surface area (TPSA) is 75.3 Å². The number of nitrogens with one attached hydrogen (secondary N) is 2. The Morgan fingerprint density at radius 3 is 2.29 bits per heavy atom. The highest BCUT2D eigenvalue weighted by atomic mass is 35.5. The van der Waals surface area contributed by atoms with Crippen molar-refractivity contribution < 1.29 is 13.2 Å². The van der Waals surface area contributed by atoms with Crippen LogP contribution in [0, 0.1) is 0 Å². The van der Waals surface area contributed by atoms with E-state index in [1.165, 1.54) is 36.4 Å². The molecule has 2 N–H and O–H groups in total.